The van der Waals surface area contributed by atoms with Crippen LogP contribution in [0.2, 0.25) is 0 Å². The summed E-state index contributed by atoms with van der Waals surface area (Å²) in [5.41, 5.74) is -0.558. The molecule has 0 aromatic heterocycles. The molecule has 4 rings (SSSR count). The van der Waals surface area contributed by atoms with E-state index in [0.29, 0.717) is 16.8 Å². The number of methoxy groups -OCH3 is 1. The number of hydrogen-bond donors (Lipinski definition) is 4. The Balaban J connectivity index is 1.59. The second-order valence-electron chi connectivity index (χ2n) is 11.9. The molecule has 1 saturated carbocycles. The Labute approximate surface area is 236 Å². The summed E-state index contributed by atoms with van der Waals surface area (Å²) in [5.74, 6) is -0.513. The zero-order chi connectivity index (χ0) is 29.2. The van der Waals surface area contributed by atoms with Crippen molar-refractivity contribution in [2.75, 3.05) is 19.5 Å². The number of ether oxygens (including phenoxy) is 2. The highest BCUT2D eigenvalue weighted by molar-refractivity contribution is 6.00. The van der Waals surface area contributed by atoms with Gasteiger partial charge >= 0.3 is 5.97 Å². The van der Waals surface area contributed by atoms with Crippen molar-refractivity contribution in [1.29, 1.82) is 0 Å². The normalized spacial score (nSPS) is 29.2. The first kappa shape index (κ1) is 29.8. The van der Waals surface area contributed by atoms with Crippen LogP contribution in [0.25, 0.3) is 6.08 Å². The minimum absolute atomic E-state index is 0.117. The number of hydrogen-bond acceptors (Lipinski definition) is 7. The summed E-state index contributed by atoms with van der Waals surface area (Å²) in [7, 11) is 3.14. The molecule has 8 nitrogen and oxygen atoms in total. The van der Waals surface area contributed by atoms with Gasteiger partial charge in [0.1, 0.15) is 17.9 Å². The Hall–Kier alpha value is -3.20. The van der Waals surface area contributed by atoms with Gasteiger partial charge in [-0.05, 0) is 61.3 Å². The maximum atomic E-state index is 12.8. The van der Waals surface area contributed by atoms with E-state index in [0.717, 1.165) is 19.3 Å². The third-order valence-electron chi connectivity index (χ3n) is 8.50. The molecule has 0 bridgehead atoms. The Morgan fingerprint density at radius 3 is 2.50 bits per heavy atom. The van der Waals surface area contributed by atoms with Crippen LogP contribution in [0.1, 0.15) is 63.6 Å². The molecule has 1 aliphatic carbocycles. The number of phenols is 1. The van der Waals surface area contributed by atoms with Crippen molar-refractivity contribution in [2.45, 2.75) is 70.8 Å². The number of aromatic hydroxyl groups is 1. The van der Waals surface area contributed by atoms with Crippen LogP contribution in [0, 0.1) is 17.3 Å². The molecular formula is C32H42N2O6. The summed E-state index contributed by atoms with van der Waals surface area (Å²) < 4.78 is 11.4. The lowest BCUT2D eigenvalue weighted by Gasteiger charge is -2.41. The Morgan fingerprint density at radius 2 is 1.90 bits per heavy atom. The number of esters is 1. The molecule has 4 N–H and O–H groups in total. The molecule has 2 aromatic carbocycles. The average Bonchev–Trinajstić information content (AvgIpc) is 2.90. The van der Waals surface area contributed by atoms with Crippen LogP contribution in [0.3, 0.4) is 0 Å². The Morgan fingerprint density at radius 1 is 1.20 bits per heavy atom. The van der Waals surface area contributed by atoms with E-state index >= 15 is 0 Å². The van der Waals surface area contributed by atoms with Gasteiger partial charge < -0.3 is 30.3 Å². The molecule has 0 unspecified atom stereocenters. The van der Waals surface area contributed by atoms with Gasteiger partial charge in [0, 0.05) is 12.7 Å². The number of amides is 1. The lowest BCUT2D eigenvalue weighted by atomic mass is 9.69. The van der Waals surface area contributed by atoms with E-state index in [9.17, 15) is 19.8 Å². The zero-order valence-corrected chi connectivity index (χ0v) is 24.2. The third kappa shape index (κ3) is 5.53. The standard InChI is InChI=1S/C32H42N2O6/c1-19(2)26(33-5)30(37)40-24-15-17-31(4,18-20(24)3)16-14-21-12-13-23-25(27(21)35)32(38,22-10-8-7-9-11-22)28(39-6)29(36)34-23/h7-14,16,19-20,24,26,28,33,35,38H,15,17-18H2,1-6H3,(H,34,36)/b16-14+/t20-,24-,26+,28-,31-,32+/m1/s1. The van der Waals surface area contributed by atoms with Gasteiger partial charge in [0.15, 0.2) is 11.7 Å². The maximum absolute atomic E-state index is 12.8. The number of rotatable bonds is 8. The largest absolute Gasteiger partial charge is 0.507 e. The summed E-state index contributed by atoms with van der Waals surface area (Å²) in [6, 6.07) is 11.9. The monoisotopic (exact) mass is 550 g/mol. The number of phenolic OH excluding ortho intramolecular Hbond substituents is 1. The predicted molar refractivity (Wildman–Crippen MR) is 155 cm³/mol. The summed E-state index contributed by atoms with van der Waals surface area (Å²) in [5, 5.41) is 29.3. The van der Waals surface area contributed by atoms with E-state index in [-0.39, 0.29) is 46.7 Å². The molecule has 0 radical (unpaired) electrons. The Kier molecular flexibility index (Phi) is 8.73. The lowest BCUT2D eigenvalue weighted by molar-refractivity contribution is -0.158. The van der Waals surface area contributed by atoms with Crippen LogP contribution < -0.4 is 10.6 Å². The lowest BCUT2D eigenvalue weighted by Crippen LogP contribution is -2.52. The SMILES string of the molecule is CN[C@H](C(=O)O[C@@H]1CC[C@@](C)(/C=C/c2ccc3c(c2O)[C@@](O)(c2ccccc2)[C@H](OC)C(=O)N3)C[C@H]1C)C(C)C. The van der Waals surface area contributed by atoms with E-state index in [1.165, 1.54) is 7.11 Å². The van der Waals surface area contributed by atoms with Gasteiger partial charge in [-0.25, -0.2) is 0 Å². The highest BCUT2D eigenvalue weighted by Crippen LogP contribution is 2.48. The number of carbonyl (C=O) groups excluding carboxylic acids is 2. The molecule has 216 valence electrons. The minimum atomic E-state index is -1.89. The van der Waals surface area contributed by atoms with Crippen LogP contribution in [0.5, 0.6) is 5.75 Å². The van der Waals surface area contributed by atoms with Crippen molar-refractivity contribution in [2.24, 2.45) is 17.3 Å². The molecule has 0 spiro atoms. The highest BCUT2D eigenvalue weighted by Gasteiger charge is 2.51. The van der Waals surface area contributed by atoms with E-state index in [1.807, 2.05) is 26.0 Å². The molecule has 6 atom stereocenters. The van der Waals surface area contributed by atoms with Gasteiger partial charge in [-0.15, -0.1) is 0 Å². The van der Waals surface area contributed by atoms with Crippen molar-refractivity contribution >= 4 is 23.6 Å². The Bertz CT molecular complexity index is 1260. The molecule has 1 fully saturated rings. The summed E-state index contributed by atoms with van der Waals surface area (Å²) in [6.45, 7) is 8.26. The maximum Gasteiger partial charge on any atom is 0.323 e. The van der Waals surface area contributed by atoms with Gasteiger partial charge in [0.2, 0.25) is 0 Å². The molecule has 40 heavy (non-hydrogen) atoms. The second kappa shape index (κ2) is 11.7. The van der Waals surface area contributed by atoms with E-state index in [4.69, 9.17) is 9.47 Å². The first-order valence-corrected chi connectivity index (χ1v) is 14.0. The number of allylic oxidation sites excluding steroid dienone is 1. The quantitative estimate of drug-likeness (QED) is 0.355. The molecule has 1 aliphatic heterocycles. The number of aliphatic hydroxyl groups is 1. The van der Waals surface area contributed by atoms with Gasteiger partial charge in [0.25, 0.3) is 5.91 Å². The van der Waals surface area contributed by atoms with Gasteiger partial charge in [-0.1, -0.05) is 70.2 Å². The highest BCUT2D eigenvalue weighted by atomic mass is 16.5. The first-order chi connectivity index (χ1) is 18.9. The number of benzene rings is 2. The number of nitrogens with one attached hydrogen (secondary N) is 2. The van der Waals surface area contributed by atoms with E-state index in [2.05, 4.69) is 30.6 Å². The molecule has 1 heterocycles. The smallest absolute Gasteiger partial charge is 0.323 e. The molecule has 1 amide bonds. The number of fused-ring (bicyclic) bond motifs is 1. The predicted octanol–water partition coefficient (Wildman–Crippen LogP) is 4.59. The van der Waals surface area contributed by atoms with Crippen molar-refractivity contribution in [3.05, 3.63) is 65.2 Å². The average molecular weight is 551 g/mol. The van der Waals surface area contributed by atoms with Crippen LogP contribution in [-0.2, 0) is 24.7 Å². The first-order valence-electron chi connectivity index (χ1n) is 14.0. The number of likely N-dealkylation sites (N-methyl/N-ethyl adjacent to an activating group) is 1. The van der Waals surface area contributed by atoms with Crippen molar-refractivity contribution < 1.29 is 29.3 Å². The third-order valence-corrected chi connectivity index (χ3v) is 8.50. The minimum Gasteiger partial charge on any atom is -0.507 e. The summed E-state index contributed by atoms with van der Waals surface area (Å²) >= 11 is 0. The zero-order valence-electron chi connectivity index (χ0n) is 24.2. The topological polar surface area (TPSA) is 117 Å². The van der Waals surface area contributed by atoms with E-state index in [1.54, 1.807) is 43.4 Å². The number of anilines is 1. The summed E-state index contributed by atoms with van der Waals surface area (Å²) in [4.78, 5) is 25.5. The van der Waals surface area contributed by atoms with Crippen molar-refractivity contribution in [3.63, 3.8) is 0 Å². The molecule has 2 aromatic rings. The van der Waals surface area contributed by atoms with Crippen molar-refractivity contribution in [3.8, 4) is 5.75 Å². The van der Waals surface area contributed by atoms with Gasteiger partial charge in [-0.3, -0.25) is 9.59 Å². The summed E-state index contributed by atoms with van der Waals surface area (Å²) in [6.07, 6.45) is 4.94. The fourth-order valence-corrected chi connectivity index (χ4v) is 6.31. The number of carbonyl (C=O) groups is 2. The molecule has 8 heteroatoms. The fraction of sp³-hybridized carbons (Fsp3) is 0.500. The van der Waals surface area contributed by atoms with Gasteiger partial charge in [-0.2, -0.15) is 0 Å². The second-order valence-corrected chi connectivity index (χ2v) is 11.9. The molecule has 0 saturated heterocycles. The van der Waals surface area contributed by atoms with Crippen LogP contribution >= 0.6 is 0 Å². The molecular weight excluding hydrogens is 508 g/mol. The van der Waals surface area contributed by atoms with Crippen LogP contribution in [0.4, 0.5) is 5.69 Å². The fourth-order valence-electron chi connectivity index (χ4n) is 6.31. The molecule has 2 aliphatic rings. The van der Waals surface area contributed by atoms with Crippen molar-refractivity contribution in [1.82, 2.24) is 5.32 Å². The van der Waals surface area contributed by atoms with Crippen LogP contribution in [0.15, 0.2) is 48.5 Å². The van der Waals surface area contributed by atoms with Gasteiger partial charge in [0.05, 0.1) is 11.3 Å². The van der Waals surface area contributed by atoms with Crippen LogP contribution in [-0.4, -0.2) is 54.5 Å². The van der Waals surface area contributed by atoms with E-state index < -0.39 is 17.6 Å².